The average molecular weight is 395 g/mol. The van der Waals surface area contributed by atoms with E-state index in [4.69, 9.17) is 17.4 Å². The van der Waals surface area contributed by atoms with Crippen molar-refractivity contribution in [2.24, 2.45) is 5.84 Å². The minimum absolute atomic E-state index is 0.0137. The molecule has 0 aliphatic carbocycles. The van der Waals surface area contributed by atoms with Crippen LogP contribution in [-0.4, -0.2) is 11.8 Å². The second-order valence-corrected chi connectivity index (χ2v) is 5.84. The molecule has 0 heterocycles. The number of hydrogen-bond donors (Lipinski definition) is 3. The molecule has 0 radical (unpaired) electrons. The van der Waals surface area contributed by atoms with Crippen molar-refractivity contribution in [2.45, 2.75) is 0 Å². The summed E-state index contributed by atoms with van der Waals surface area (Å²) in [5.74, 6) is 4.05. The van der Waals surface area contributed by atoms with Crippen LogP contribution in [0.2, 0.25) is 5.02 Å². The molecule has 0 spiro atoms. The van der Waals surface area contributed by atoms with Crippen LogP contribution in [-0.2, 0) is 4.79 Å². The second-order valence-electron chi connectivity index (χ2n) is 4.52. The summed E-state index contributed by atoms with van der Waals surface area (Å²) in [6.07, 6.45) is 1.52. The third-order valence-corrected chi connectivity index (χ3v) is 3.78. The average Bonchev–Trinajstić information content (AvgIpc) is 2.55. The Labute approximate surface area is 146 Å². The lowest BCUT2D eigenvalue weighted by molar-refractivity contribution is -0.117. The van der Waals surface area contributed by atoms with Crippen LogP contribution in [0.1, 0.15) is 15.9 Å². The SMILES string of the molecule is NNC(=O)/C(=C/c1ccc(Br)cc1)NC(=O)c1ccccc1Cl. The molecule has 0 fully saturated rings. The summed E-state index contributed by atoms with van der Waals surface area (Å²) in [5, 5.41) is 2.81. The van der Waals surface area contributed by atoms with Crippen LogP contribution in [0.15, 0.2) is 58.7 Å². The third-order valence-electron chi connectivity index (χ3n) is 2.92. The van der Waals surface area contributed by atoms with E-state index in [0.717, 1.165) is 10.0 Å². The van der Waals surface area contributed by atoms with Gasteiger partial charge in [0.15, 0.2) is 0 Å². The summed E-state index contributed by atoms with van der Waals surface area (Å²) in [7, 11) is 0. The molecule has 23 heavy (non-hydrogen) atoms. The van der Waals surface area contributed by atoms with Gasteiger partial charge in [0.2, 0.25) is 0 Å². The first-order valence-corrected chi connectivity index (χ1v) is 7.72. The Morgan fingerprint density at radius 2 is 1.74 bits per heavy atom. The predicted octanol–water partition coefficient (Wildman–Crippen LogP) is 2.86. The Kier molecular flexibility index (Phi) is 5.92. The van der Waals surface area contributed by atoms with Crippen molar-refractivity contribution in [3.63, 3.8) is 0 Å². The Morgan fingerprint density at radius 1 is 1.09 bits per heavy atom. The fourth-order valence-corrected chi connectivity index (χ4v) is 2.28. The van der Waals surface area contributed by atoms with Gasteiger partial charge in [-0.1, -0.05) is 51.8 Å². The van der Waals surface area contributed by atoms with Crippen molar-refractivity contribution in [1.29, 1.82) is 0 Å². The normalized spacial score (nSPS) is 11.0. The quantitative estimate of drug-likeness (QED) is 0.323. The van der Waals surface area contributed by atoms with Crippen molar-refractivity contribution in [3.8, 4) is 0 Å². The summed E-state index contributed by atoms with van der Waals surface area (Å²) in [5.41, 5.74) is 3.01. The van der Waals surface area contributed by atoms with Crippen LogP contribution in [0.5, 0.6) is 0 Å². The monoisotopic (exact) mass is 393 g/mol. The van der Waals surface area contributed by atoms with Gasteiger partial charge in [0.1, 0.15) is 5.70 Å². The van der Waals surface area contributed by atoms with E-state index < -0.39 is 11.8 Å². The minimum Gasteiger partial charge on any atom is -0.317 e. The Bertz CT molecular complexity index is 760. The van der Waals surface area contributed by atoms with Crippen molar-refractivity contribution < 1.29 is 9.59 Å². The maximum atomic E-state index is 12.3. The number of rotatable bonds is 4. The van der Waals surface area contributed by atoms with Crippen molar-refractivity contribution in [2.75, 3.05) is 0 Å². The van der Waals surface area contributed by atoms with Crippen LogP contribution in [0.4, 0.5) is 0 Å². The zero-order valence-corrected chi connectivity index (χ0v) is 14.2. The molecule has 0 unspecified atom stereocenters. The molecule has 7 heteroatoms. The largest absolute Gasteiger partial charge is 0.317 e. The number of carbonyl (C=O) groups is 2. The number of hydrogen-bond acceptors (Lipinski definition) is 3. The fraction of sp³-hybridized carbons (Fsp3) is 0. The molecule has 2 aromatic rings. The van der Waals surface area contributed by atoms with Gasteiger partial charge in [0, 0.05) is 4.47 Å². The Morgan fingerprint density at radius 3 is 2.35 bits per heavy atom. The molecule has 0 bridgehead atoms. The van der Waals surface area contributed by atoms with E-state index >= 15 is 0 Å². The van der Waals surface area contributed by atoms with Crippen LogP contribution < -0.4 is 16.6 Å². The first-order chi connectivity index (χ1) is 11.0. The Hall–Kier alpha value is -2.15. The zero-order valence-electron chi connectivity index (χ0n) is 11.8. The minimum atomic E-state index is -0.617. The number of nitrogens with one attached hydrogen (secondary N) is 2. The van der Waals surface area contributed by atoms with E-state index in [0.29, 0.717) is 5.02 Å². The van der Waals surface area contributed by atoms with Gasteiger partial charge >= 0.3 is 0 Å². The van der Waals surface area contributed by atoms with Gasteiger partial charge in [-0.3, -0.25) is 15.0 Å². The topological polar surface area (TPSA) is 84.2 Å². The molecular weight excluding hydrogens is 382 g/mol. The number of halogens is 2. The van der Waals surface area contributed by atoms with Crippen molar-refractivity contribution in [1.82, 2.24) is 10.7 Å². The number of hydrazine groups is 1. The van der Waals surface area contributed by atoms with Crippen LogP contribution >= 0.6 is 27.5 Å². The summed E-state index contributed by atoms with van der Waals surface area (Å²) < 4.78 is 0.902. The van der Waals surface area contributed by atoms with Crippen molar-refractivity contribution in [3.05, 3.63) is 74.9 Å². The summed E-state index contributed by atoms with van der Waals surface area (Å²) in [6, 6.07) is 13.8. The van der Waals surface area contributed by atoms with Crippen molar-refractivity contribution >= 4 is 45.4 Å². The van der Waals surface area contributed by atoms with Gasteiger partial charge in [0.25, 0.3) is 11.8 Å². The fourth-order valence-electron chi connectivity index (χ4n) is 1.80. The van der Waals surface area contributed by atoms with Crippen LogP contribution in [0, 0.1) is 0 Å². The van der Waals surface area contributed by atoms with Gasteiger partial charge in [-0.05, 0) is 35.9 Å². The molecule has 118 valence electrons. The lowest BCUT2D eigenvalue weighted by Gasteiger charge is -2.10. The molecule has 0 aliphatic rings. The van der Waals surface area contributed by atoms with E-state index in [1.54, 1.807) is 36.4 Å². The molecule has 0 saturated carbocycles. The molecule has 4 N–H and O–H groups in total. The molecule has 2 aromatic carbocycles. The second kappa shape index (κ2) is 7.92. The number of amides is 2. The molecule has 0 aromatic heterocycles. The number of carbonyl (C=O) groups excluding carboxylic acids is 2. The lowest BCUT2D eigenvalue weighted by atomic mass is 10.1. The van der Waals surface area contributed by atoms with Gasteiger partial charge in [-0.25, -0.2) is 5.84 Å². The first-order valence-electron chi connectivity index (χ1n) is 6.55. The maximum Gasteiger partial charge on any atom is 0.281 e. The van der Waals surface area contributed by atoms with E-state index in [9.17, 15) is 9.59 Å². The van der Waals surface area contributed by atoms with E-state index in [1.807, 2.05) is 17.6 Å². The molecule has 0 saturated heterocycles. The van der Waals surface area contributed by atoms with Gasteiger partial charge in [-0.15, -0.1) is 0 Å². The molecule has 0 aliphatic heterocycles. The zero-order chi connectivity index (χ0) is 16.8. The molecular formula is C16H13BrClN3O2. The highest BCUT2D eigenvalue weighted by atomic mass is 79.9. The summed E-state index contributed by atoms with van der Waals surface area (Å²) >= 11 is 9.31. The van der Waals surface area contributed by atoms with Crippen LogP contribution in [0.25, 0.3) is 6.08 Å². The lowest BCUT2D eigenvalue weighted by Crippen LogP contribution is -2.38. The molecule has 5 nitrogen and oxygen atoms in total. The number of nitrogens with two attached hydrogens (primary N) is 1. The molecule has 2 rings (SSSR count). The van der Waals surface area contributed by atoms with Gasteiger partial charge in [-0.2, -0.15) is 0 Å². The maximum absolute atomic E-state index is 12.3. The van der Waals surface area contributed by atoms with E-state index in [1.165, 1.54) is 6.08 Å². The van der Waals surface area contributed by atoms with Crippen LogP contribution in [0.3, 0.4) is 0 Å². The first kappa shape index (κ1) is 17.2. The highest BCUT2D eigenvalue weighted by Crippen LogP contribution is 2.16. The smallest absolute Gasteiger partial charge is 0.281 e. The number of benzene rings is 2. The standard InChI is InChI=1S/C16H13BrClN3O2/c17-11-7-5-10(6-8-11)9-14(16(23)21-19)20-15(22)12-3-1-2-4-13(12)18/h1-9H,19H2,(H,20,22)(H,21,23)/b14-9-. The van der Waals surface area contributed by atoms with Gasteiger partial charge in [0.05, 0.1) is 10.6 Å². The molecule has 0 atom stereocenters. The Balaban J connectivity index is 2.29. The van der Waals surface area contributed by atoms with E-state index in [2.05, 4.69) is 21.2 Å². The highest BCUT2D eigenvalue weighted by molar-refractivity contribution is 9.10. The van der Waals surface area contributed by atoms with E-state index in [-0.39, 0.29) is 11.3 Å². The highest BCUT2D eigenvalue weighted by Gasteiger charge is 2.15. The van der Waals surface area contributed by atoms with Gasteiger partial charge < -0.3 is 5.32 Å². The summed E-state index contributed by atoms with van der Waals surface area (Å²) in [4.78, 5) is 24.1. The predicted molar refractivity (Wildman–Crippen MR) is 93.4 cm³/mol. The molecule has 2 amide bonds. The third kappa shape index (κ3) is 4.66. The summed E-state index contributed by atoms with van der Waals surface area (Å²) in [6.45, 7) is 0.